The fourth-order valence-electron chi connectivity index (χ4n) is 4.35. The predicted molar refractivity (Wildman–Crippen MR) is 121 cm³/mol. The topological polar surface area (TPSA) is 66.9 Å². The van der Waals surface area contributed by atoms with Crippen LogP contribution in [0.2, 0.25) is 0 Å². The highest BCUT2D eigenvalue weighted by atomic mass is 16.5. The van der Waals surface area contributed by atoms with Crippen LogP contribution >= 0.6 is 0 Å². The summed E-state index contributed by atoms with van der Waals surface area (Å²) in [6.45, 7) is 6.29. The molecule has 0 radical (unpaired) electrons. The molecule has 3 heterocycles. The van der Waals surface area contributed by atoms with Gasteiger partial charge in [0.25, 0.3) is 5.91 Å². The molecular formula is C24H32N4O3. The standard InChI is InChI=1S/C24H32N4O3/c1-30-22-4-2-19(3-5-22)6-10-26-24(29)20-7-11-25-23(18-20)28-12-8-21(9-13-28)27-14-16-31-17-15-27/h2-5,7,11,18,21H,6,8-10,12-17H2,1H3,(H,26,29). The van der Waals surface area contributed by atoms with E-state index in [9.17, 15) is 4.79 Å². The molecule has 0 atom stereocenters. The molecule has 2 aliphatic heterocycles. The lowest BCUT2D eigenvalue weighted by atomic mass is 10.0. The van der Waals surface area contributed by atoms with Crippen molar-refractivity contribution in [1.82, 2.24) is 15.2 Å². The quantitative estimate of drug-likeness (QED) is 0.736. The number of anilines is 1. The highest BCUT2D eigenvalue weighted by Crippen LogP contribution is 2.22. The lowest BCUT2D eigenvalue weighted by Gasteiger charge is -2.40. The van der Waals surface area contributed by atoms with E-state index in [1.165, 1.54) is 5.56 Å². The lowest BCUT2D eigenvalue weighted by Crippen LogP contribution is -2.49. The van der Waals surface area contributed by atoms with Gasteiger partial charge in [-0.05, 0) is 49.1 Å². The highest BCUT2D eigenvalue weighted by molar-refractivity contribution is 5.94. The molecule has 0 unspecified atom stereocenters. The van der Waals surface area contributed by atoms with Crippen LogP contribution in [0.25, 0.3) is 0 Å². The summed E-state index contributed by atoms with van der Waals surface area (Å²) in [7, 11) is 1.66. The lowest BCUT2D eigenvalue weighted by molar-refractivity contribution is 0.0115. The van der Waals surface area contributed by atoms with Crippen molar-refractivity contribution in [3.05, 3.63) is 53.7 Å². The molecule has 4 rings (SSSR count). The summed E-state index contributed by atoms with van der Waals surface area (Å²) in [6, 6.07) is 12.3. The first-order valence-electron chi connectivity index (χ1n) is 11.2. The summed E-state index contributed by atoms with van der Waals surface area (Å²) < 4.78 is 10.7. The number of benzene rings is 1. The Bertz CT molecular complexity index is 844. The Kier molecular flexibility index (Phi) is 7.38. The van der Waals surface area contributed by atoms with Gasteiger partial charge in [0.1, 0.15) is 11.6 Å². The third-order valence-electron chi connectivity index (χ3n) is 6.22. The molecule has 1 amide bonds. The van der Waals surface area contributed by atoms with Crippen LogP contribution in [0, 0.1) is 0 Å². The largest absolute Gasteiger partial charge is 0.497 e. The zero-order valence-electron chi connectivity index (χ0n) is 18.3. The van der Waals surface area contributed by atoms with Crippen molar-refractivity contribution in [1.29, 1.82) is 0 Å². The molecule has 0 bridgehead atoms. The number of hydrogen-bond donors (Lipinski definition) is 1. The number of rotatable bonds is 7. The van der Waals surface area contributed by atoms with Crippen LogP contribution in [0.1, 0.15) is 28.8 Å². The van der Waals surface area contributed by atoms with Gasteiger partial charge in [0.15, 0.2) is 0 Å². The second kappa shape index (κ2) is 10.6. The number of aromatic nitrogens is 1. The minimum Gasteiger partial charge on any atom is -0.497 e. The molecule has 1 aromatic carbocycles. The number of piperidine rings is 1. The smallest absolute Gasteiger partial charge is 0.251 e. The SMILES string of the molecule is COc1ccc(CCNC(=O)c2ccnc(N3CCC(N4CCOCC4)CC3)c2)cc1. The fourth-order valence-corrected chi connectivity index (χ4v) is 4.35. The van der Waals surface area contributed by atoms with Gasteiger partial charge in [0.05, 0.1) is 20.3 Å². The zero-order chi connectivity index (χ0) is 21.5. The normalized spacial score (nSPS) is 18.0. The number of amides is 1. The van der Waals surface area contributed by atoms with Gasteiger partial charge in [0, 0.05) is 50.5 Å². The maximum absolute atomic E-state index is 12.6. The molecule has 7 heteroatoms. The van der Waals surface area contributed by atoms with Crippen LogP contribution in [-0.4, -0.2) is 74.9 Å². The summed E-state index contributed by atoms with van der Waals surface area (Å²) in [4.78, 5) is 22.0. The molecule has 166 valence electrons. The van der Waals surface area contributed by atoms with E-state index >= 15 is 0 Å². The molecule has 31 heavy (non-hydrogen) atoms. The molecular weight excluding hydrogens is 392 g/mol. The number of carbonyl (C=O) groups excluding carboxylic acids is 1. The molecule has 0 spiro atoms. The van der Waals surface area contributed by atoms with Gasteiger partial charge in [-0.15, -0.1) is 0 Å². The Labute approximate surface area is 184 Å². The summed E-state index contributed by atoms with van der Waals surface area (Å²) in [6.07, 6.45) is 4.77. The van der Waals surface area contributed by atoms with E-state index in [1.807, 2.05) is 30.3 Å². The van der Waals surface area contributed by atoms with Crippen molar-refractivity contribution in [3.8, 4) is 5.75 Å². The predicted octanol–water partition coefficient (Wildman–Crippen LogP) is 2.36. The van der Waals surface area contributed by atoms with Gasteiger partial charge < -0.3 is 19.7 Å². The van der Waals surface area contributed by atoms with Gasteiger partial charge in [-0.3, -0.25) is 9.69 Å². The summed E-state index contributed by atoms with van der Waals surface area (Å²) in [5.74, 6) is 1.68. The number of nitrogens with one attached hydrogen (secondary N) is 1. The first kappa shape index (κ1) is 21.6. The van der Waals surface area contributed by atoms with Crippen molar-refractivity contribution in [2.24, 2.45) is 0 Å². The van der Waals surface area contributed by atoms with Crippen LogP contribution in [0.4, 0.5) is 5.82 Å². The van der Waals surface area contributed by atoms with Crippen molar-refractivity contribution in [3.63, 3.8) is 0 Å². The van der Waals surface area contributed by atoms with E-state index in [0.717, 1.165) is 70.2 Å². The van der Waals surface area contributed by atoms with Crippen LogP contribution in [0.15, 0.2) is 42.6 Å². The van der Waals surface area contributed by atoms with Gasteiger partial charge in [-0.2, -0.15) is 0 Å². The zero-order valence-corrected chi connectivity index (χ0v) is 18.3. The number of hydrogen-bond acceptors (Lipinski definition) is 6. The Morgan fingerprint density at radius 2 is 1.87 bits per heavy atom. The average Bonchev–Trinajstić information content (AvgIpc) is 2.85. The third kappa shape index (κ3) is 5.74. The van der Waals surface area contributed by atoms with E-state index in [-0.39, 0.29) is 5.91 Å². The van der Waals surface area contributed by atoms with Crippen LogP contribution < -0.4 is 15.0 Å². The molecule has 2 aromatic rings. The van der Waals surface area contributed by atoms with Crippen molar-refractivity contribution < 1.29 is 14.3 Å². The minimum atomic E-state index is -0.0552. The first-order valence-corrected chi connectivity index (χ1v) is 11.2. The van der Waals surface area contributed by atoms with Crippen LogP contribution in [-0.2, 0) is 11.2 Å². The first-order chi connectivity index (χ1) is 15.2. The molecule has 0 aliphatic carbocycles. The van der Waals surface area contributed by atoms with E-state index in [0.29, 0.717) is 18.2 Å². The molecule has 1 N–H and O–H groups in total. The number of carbonyl (C=O) groups is 1. The number of ether oxygens (including phenoxy) is 2. The van der Waals surface area contributed by atoms with Crippen molar-refractivity contribution >= 4 is 11.7 Å². The Hall–Kier alpha value is -2.64. The molecule has 2 fully saturated rings. The Balaban J connectivity index is 1.27. The second-order valence-corrected chi connectivity index (χ2v) is 8.12. The molecule has 7 nitrogen and oxygen atoms in total. The second-order valence-electron chi connectivity index (χ2n) is 8.12. The number of morpholine rings is 1. The van der Waals surface area contributed by atoms with E-state index in [1.54, 1.807) is 19.4 Å². The van der Waals surface area contributed by atoms with Crippen molar-refractivity contribution in [2.75, 3.05) is 57.9 Å². The average molecular weight is 425 g/mol. The van der Waals surface area contributed by atoms with Gasteiger partial charge in [-0.25, -0.2) is 4.98 Å². The monoisotopic (exact) mass is 424 g/mol. The highest BCUT2D eigenvalue weighted by Gasteiger charge is 2.26. The van der Waals surface area contributed by atoms with Gasteiger partial charge in [-0.1, -0.05) is 12.1 Å². The molecule has 2 saturated heterocycles. The minimum absolute atomic E-state index is 0.0552. The summed E-state index contributed by atoms with van der Waals surface area (Å²) in [5.41, 5.74) is 1.83. The fraction of sp³-hybridized carbons (Fsp3) is 0.500. The molecule has 1 aromatic heterocycles. The van der Waals surface area contributed by atoms with Crippen LogP contribution in [0.3, 0.4) is 0 Å². The van der Waals surface area contributed by atoms with Crippen LogP contribution in [0.5, 0.6) is 5.75 Å². The number of methoxy groups -OCH3 is 1. The summed E-state index contributed by atoms with van der Waals surface area (Å²) >= 11 is 0. The number of nitrogens with zero attached hydrogens (tertiary/aromatic N) is 3. The Morgan fingerprint density at radius 1 is 1.13 bits per heavy atom. The summed E-state index contributed by atoms with van der Waals surface area (Å²) in [5, 5.41) is 3.02. The van der Waals surface area contributed by atoms with Gasteiger partial charge in [0.2, 0.25) is 0 Å². The van der Waals surface area contributed by atoms with E-state index in [2.05, 4.69) is 20.1 Å². The maximum Gasteiger partial charge on any atom is 0.251 e. The van der Waals surface area contributed by atoms with Crippen molar-refractivity contribution in [2.45, 2.75) is 25.3 Å². The van der Waals surface area contributed by atoms with E-state index in [4.69, 9.17) is 9.47 Å². The maximum atomic E-state index is 12.6. The van der Waals surface area contributed by atoms with Gasteiger partial charge >= 0.3 is 0 Å². The third-order valence-corrected chi connectivity index (χ3v) is 6.22. The molecule has 0 saturated carbocycles. The Morgan fingerprint density at radius 3 is 2.58 bits per heavy atom. The van der Waals surface area contributed by atoms with E-state index < -0.39 is 0 Å². The number of pyridine rings is 1. The molecule has 2 aliphatic rings.